The van der Waals surface area contributed by atoms with Crippen molar-refractivity contribution in [1.29, 1.82) is 0 Å². The molecule has 1 amide bonds. The third-order valence-electron chi connectivity index (χ3n) is 3.68. The van der Waals surface area contributed by atoms with Gasteiger partial charge in [0.15, 0.2) is 11.6 Å². The lowest BCUT2D eigenvalue weighted by Crippen LogP contribution is -2.13. The first-order chi connectivity index (χ1) is 13.1. The van der Waals surface area contributed by atoms with Crippen LogP contribution in [0.5, 0.6) is 11.5 Å². The Balaban J connectivity index is 1.68. The quantitative estimate of drug-likeness (QED) is 0.664. The van der Waals surface area contributed by atoms with E-state index in [1.807, 2.05) is 6.07 Å². The molecule has 0 aliphatic rings. The molecule has 0 radical (unpaired) electrons. The highest BCUT2D eigenvalue weighted by Crippen LogP contribution is 2.30. The van der Waals surface area contributed by atoms with Crippen LogP contribution in [0.3, 0.4) is 0 Å². The predicted octanol–water partition coefficient (Wildman–Crippen LogP) is 4.14. The van der Waals surface area contributed by atoms with Crippen molar-refractivity contribution in [3.63, 3.8) is 0 Å². The number of carbonyl (C=O) groups excluding carboxylic acids is 1. The smallest absolute Gasteiger partial charge is 0.256 e. The molecule has 0 spiro atoms. The zero-order valence-corrected chi connectivity index (χ0v) is 15.4. The fourth-order valence-electron chi connectivity index (χ4n) is 2.30. The summed E-state index contributed by atoms with van der Waals surface area (Å²) in [5, 5.41) is 14.4. The molecular weight excluding hydrogens is 368 g/mol. The maximum atomic E-state index is 12.2. The van der Waals surface area contributed by atoms with Crippen molar-refractivity contribution in [3.8, 4) is 11.5 Å². The standard InChI is InChI=1S/C19H17ClN4O3/c1-26-14-7-8-15(16(11-14)27-2)21-17-9-10-18(24-23-17)22-19(25)12-3-5-13(20)6-4-12/h3-11H,1-2H3,(H,21,23)(H,22,24,25). The molecule has 0 aliphatic carbocycles. The van der Waals surface area contributed by atoms with Gasteiger partial charge in [-0.1, -0.05) is 11.6 Å². The Morgan fingerprint density at radius 2 is 1.63 bits per heavy atom. The lowest BCUT2D eigenvalue weighted by Gasteiger charge is -2.12. The van der Waals surface area contributed by atoms with E-state index < -0.39 is 0 Å². The third kappa shape index (κ3) is 4.65. The molecule has 0 saturated heterocycles. The van der Waals surface area contributed by atoms with Crippen LogP contribution in [0.4, 0.5) is 17.3 Å². The van der Waals surface area contributed by atoms with Gasteiger partial charge in [0.05, 0.1) is 19.9 Å². The van der Waals surface area contributed by atoms with E-state index in [2.05, 4.69) is 20.8 Å². The lowest BCUT2D eigenvalue weighted by atomic mass is 10.2. The van der Waals surface area contributed by atoms with Crippen molar-refractivity contribution in [2.45, 2.75) is 0 Å². The maximum absolute atomic E-state index is 12.2. The van der Waals surface area contributed by atoms with E-state index in [0.717, 1.165) is 0 Å². The van der Waals surface area contributed by atoms with Gasteiger partial charge in [0.1, 0.15) is 11.5 Å². The van der Waals surface area contributed by atoms with Gasteiger partial charge in [0.25, 0.3) is 5.91 Å². The molecule has 3 rings (SSSR count). The third-order valence-corrected chi connectivity index (χ3v) is 3.94. The Morgan fingerprint density at radius 3 is 2.26 bits per heavy atom. The zero-order valence-electron chi connectivity index (χ0n) is 14.7. The number of ether oxygens (including phenoxy) is 2. The minimum Gasteiger partial charge on any atom is -0.497 e. The fourth-order valence-corrected chi connectivity index (χ4v) is 2.42. The van der Waals surface area contributed by atoms with Gasteiger partial charge in [0.2, 0.25) is 0 Å². The zero-order chi connectivity index (χ0) is 19.2. The SMILES string of the molecule is COc1ccc(Nc2ccc(NC(=O)c3ccc(Cl)cc3)nn2)c(OC)c1. The fraction of sp³-hybridized carbons (Fsp3) is 0.105. The molecule has 2 aromatic carbocycles. The minimum absolute atomic E-state index is 0.293. The van der Waals surface area contributed by atoms with Gasteiger partial charge in [-0.15, -0.1) is 10.2 Å². The Morgan fingerprint density at radius 1 is 0.926 bits per heavy atom. The van der Waals surface area contributed by atoms with Crippen molar-refractivity contribution < 1.29 is 14.3 Å². The van der Waals surface area contributed by atoms with E-state index in [1.54, 1.807) is 62.8 Å². The highest BCUT2D eigenvalue weighted by molar-refractivity contribution is 6.30. The van der Waals surface area contributed by atoms with Crippen LogP contribution in [-0.4, -0.2) is 30.3 Å². The number of methoxy groups -OCH3 is 2. The molecule has 0 bridgehead atoms. The number of aromatic nitrogens is 2. The second kappa shape index (κ2) is 8.37. The summed E-state index contributed by atoms with van der Waals surface area (Å²) >= 11 is 5.82. The first kappa shape index (κ1) is 18.5. The summed E-state index contributed by atoms with van der Waals surface area (Å²) in [5.41, 5.74) is 1.19. The second-order valence-electron chi connectivity index (χ2n) is 5.46. The number of nitrogens with zero attached hydrogens (tertiary/aromatic N) is 2. The van der Waals surface area contributed by atoms with E-state index in [4.69, 9.17) is 21.1 Å². The summed E-state index contributed by atoms with van der Waals surface area (Å²) in [4.78, 5) is 12.2. The molecule has 3 aromatic rings. The number of benzene rings is 2. The Labute approximate surface area is 161 Å². The summed E-state index contributed by atoms with van der Waals surface area (Å²) in [6, 6.07) is 15.3. The molecule has 138 valence electrons. The Hall–Kier alpha value is -3.32. The molecule has 0 aliphatic heterocycles. The van der Waals surface area contributed by atoms with Gasteiger partial charge in [-0.2, -0.15) is 0 Å². The number of amides is 1. The number of anilines is 3. The summed E-state index contributed by atoms with van der Waals surface area (Å²) in [7, 11) is 3.16. The van der Waals surface area contributed by atoms with E-state index in [-0.39, 0.29) is 5.91 Å². The normalized spacial score (nSPS) is 10.2. The molecule has 7 nitrogen and oxygen atoms in total. The molecule has 27 heavy (non-hydrogen) atoms. The topological polar surface area (TPSA) is 85.4 Å². The van der Waals surface area contributed by atoms with Crippen LogP contribution < -0.4 is 20.1 Å². The van der Waals surface area contributed by atoms with Crippen LogP contribution in [0.25, 0.3) is 0 Å². The Kier molecular flexibility index (Phi) is 5.73. The molecule has 8 heteroatoms. The molecule has 0 unspecified atom stereocenters. The molecule has 1 heterocycles. The second-order valence-corrected chi connectivity index (χ2v) is 5.89. The molecule has 2 N–H and O–H groups in total. The molecule has 0 saturated carbocycles. The van der Waals surface area contributed by atoms with E-state index in [9.17, 15) is 4.79 Å². The minimum atomic E-state index is -0.293. The summed E-state index contributed by atoms with van der Waals surface area (Å²) < 4.78 is 10.5. The van der Waals surface area contributed by atoms with Crippen molar-refractivity contribution in [2.75, 3.05) is 24.9 Å². The van der Waals surface area contributed by atoms with Gasteiger partial charge < -0.3 is 20.1 Å². The van der Waals surface area contributed by atoms with Gasteiger partial charge in [-0.05, 0) is 48.5 Å². The van der Waals surface area contributed by atoms with Crippen molar-refractivity contribution in [3.05, 3.63) is 65.2 Å². The molecular formula is C19H17ClN4O3. The van der Waals surface area contributed by atoms with Crippen LogP contribution in [0.1, 0.15) is 10.4 Å². The van der Waals surface area contributed by atoms with Crippen molar-refractivity contribution in [2.24, 2.45) is 0 Å². The van der Waals surface area contributed by atoms with Gasteiger partial charge in [-0.3, -0.25) is 4.79 Å². The van der Waals surface area contributed by atoms with Gasteiger partial charge in [-0.25, -0.2) is 0 Å². The van der Waals surface area contributed by atoms with Crippen LogP contribution in [0, 0.1) is 0 Å². The lowest BCUT2D eigenvalue weighted by molar-refractivity contribution is 0.102. The van der Waals surface area contributed by atoms with Crippen LogP contribution in [0.15, 0.2) is 54.6 Å². The molecule has 0 atom stereocenters. The highest BCUT2D eigenvalue weighted by atomic mass is 35.5. The number of nitrogens with one attached hydrogen (secondary N) is 2. The number of hydrogen-bond donors (Lipinski definition) is 2. The Bertz CT molecular complexity index is 931. The van der Waals surface area contributed by atoms with Crippen molar-refractivity contribution >= 4 is 34.8 Å². The van der Waals surface area contributed by atoms with Crippen LogP contribution in [0.2, 0.25) is 5.02 Å². The average Bonchev–Trinajstić information content (AvgIpc) is 2.70. The number of halogens is 1. The predicted molar refractivity (Wildman–Crippen MR) is 104 cm³/mol. The highest BCUT2D eigenvalue weighted by Gasteiger charge is 2.09. The number of rotatable bonds is 6. The summed E-state index contributed by atoms with van der Waals surface area (Å²) in [5.74, 6) is 1.84. The van der Waals surface area contributed by atoms with Crippen molar-refractivity contribution in [1.82, 2.24) is 10.2 Å². The first-order valence-corrected chi connectivity index (χ1v) is 8.36. The van der Waals surface area contributed by atoms with Crippen LogP contribution in [-0.2, 0) is 0 Å². The number of hydrogen-bond acceptors (Lipinski definition) is 6. The number of carbonyl (C=O) groups is 1. The van der Waals surface area contributed by atoms with Gasteiger partial charge >= 0.3 is 0 Å². The first-order valence-electron chi connectivity index (χ1n) is 7.99. The molecule has 0 fully saturated rings. The monoisotopic (exact) mass is 384 g/mol. The molecule has 1 aromatic heterocycles. The van der Waals surface area contributed by atoms with E-state index >= 15 is 0 Å². The summed E-state index contributed by atoms with van der Waals surface area (Å²) in [6.07, 6.45) is 0. The van der Waals surface area contributed by atoms with E-state index in [1.165, 1.54) is 0 Å². The summed E-state index contributed by atoms with van der Waals surface area (Å²) in [6.45, 7) is 0. The van der Waals surface area contributed by atoms with E-state index in [0.29, 0.717) is 39.4 Å². The van der Waals surface area contributed by atoms with Crippen LogP contribution >= 0.6 is 11.6 Å². The maximum Gasteiger partial charge on any atom is 0.256 e. The average molecular weight is 385 g/mol. The largest absolute Gasteiger partial charge is 0.497 e. The van der Waals surface area contributed by atoms with Gasteiger partial charge in [0, 0.05) is 16.7 Å².